The molecule has 1 atom stereocenters. The molecule has 0 fully saturated rings. The third-order valence-corrected chi connectivity index (χ3v) is 6.58. The largest absolute Gasteiger partial charge is 0.493 e. The Kier molecular flexibility index (Phi) is 5.72. The zero-order chi connectivity index (χ0) is 21.8. The van der Waals surface area contributed by atoms with E-state index in [-0.39, 0.29) is 12.4 Å². The van der Waals surface area contributed by atoms with Crippen LogP contribution in [0.3, 0.4) is 0 Å². The number of methoxy groups -OCH3 is 1. The topological polar surface area (TPSA) is 126 Å². The van der Waals surface area contributed by atoms with Gasteiger partial charge in [-0.1, -0.05) is 19.1 Å². The molecule has 4 rings (SSSR count). The molecule has 0 aliphatic carbocycles. The van der Waals surface area contributed by atoms with Gasteiger partial charge in [0.15, 0.2) is 17.3 Å². The number of H-pyrrole nitrogens is 1. The molecule has 2 aromatic heterocycles. The van der Waals surface area contributed by atoms with Crippen molar-refractivity contribution in [1.82, 2.24) is 20.2 Å². The average molecular weight is 439 g/mol. The molecule has 0 saturated carbocycles. The number of hydrogen-bond donors (Lipinski definition) is 3. The maximum Gasteiger partial charge on any atom is 0.163 e. The van der Waals surface area contributed by atoms with Gasteiger partial charge in [0.1, 0.15) is 18.8 Å². The molecule has 2 aromatic carbocycles. The minimum atomic E-state index is -2.78. The SMILES string of the molecule is CCS(=N)(=O)c1cccc(COc2cc3ncnc(Nc4cc[nH]n4)c3cc2OC)c1. The maximum absolute atomic E-state index is 12.4. The number of nitrogens with one attached hydrogen (secondary N) is 3. The molecule has 3 N–H and O–H groups in total. The number of rotatable bonds is 8. The number of nitrogens with zero attached hydrogens (tertiary/aromatic N) is 3. The van der Waals surface area contributed by atoms with Crippen LogP contribution < -0.4 is 14.8 Å². The molecule has 0 aliphatic heterocycles. The number of aromatic amines is 1. The van der Waals surface area contributed by atoms with Crippen molar-refractivity contribution in [3.63, 3.8) is 0 Å². The van der Waals surface area contributed by atoms with Gasteiger partial charge in [-0.2, -0.15) is 5.10 Å². The van der Waals surface area contributed by atoms with Crippen LogP contribution in [0.4, 0.5) is 11.6 Å². The van der Waals surface area contributed by atoms with E-state index >= 15 is 0 Å². The number of hydrogen-bond acceptors (Lipinski definition) is 8. The number of ether oxygens (including phenoxy) is 2. The van der Waals surface area contributed by atoms with E-state index in [1.807, 2.05) is 12.1 Å². The molecule has 0 bridgehead atoms. The molecule has 0 aliphatic rings. The zero-order valence-electron chi connectivity index (χ0n) is 17.1. The molecule has 31 heavy (non-hydrogen) atoms. The van der Waals surface area contributed by atoms with Crippen molar-refractivity contribution < 1.29 is 13.7 Å². The fourth-order valence-electron chi connectivity index (χ4n) is 3.06. The quantitative estimate of drug-likeness (QED) is 0.378. The van der Waals surface area contributed by atoms with Gasteiger partial charge in [-0.3, -0.25) is 5.10 Å². The molecule has 4 aromatic rings. The molecule has 9 nitrogen and oxygen atoms in total. The van der Waals surface area contributed by atoms with E-state index in [4.69, 9.17) is 14.3 Å². The highest BCUT2D eigenvalue weighted by atomic mass is 32.2. The van der Waals surface area contributed by atoms with Crippen LogP contribution in [0.5, 0.6) is 11.5 Å². The van der Waals surface area contributed by atoms with Crippen LogP contribution in [0.1, 0.15) is 12.5 Å². The molecule has 10 heteroatoms. The number of anilines is 2. The third-order valence-electron chi connectivity index (χ3n) is 4.75. The Hall–Kier alpha value is -3.66. The summed E-state index contributed by atoms with van der Waals surface area (Å²) in [7, 11) is -1.22. The van der Waals surface area contributed by atoms with Gasteiger partial charge in [0.25, 0.3) is 0 Å². The summed E-state index contributed by atoms with van der Waals surface area (Å²) in [5.74, 6) is 2.55. The molecule has 0 radical (unpaired) electrons. The number of benzene rings is 2. The van der Waals surface area contributed by atoms with Gasteiger partial charge in [0.2, 0.25) is 0 Å². The summed E-state index contributed by atoms with van der Waals surface area (Å²) in [5, 5.41) is 10.7. The standard InChI is InChI=1S/C21H22N6O3S/c1-3-31(22,28)15-6-4-5-14(9-15)12-30-19-11-17-16(10-18(19)29-2)21(24-13-23-17)26-20-7-8-25-27-20/h4-11,13,22H,3,12H2,1-2H3,(H2,23,24,25,26,27). The molecule has 2 heterocycles. The third kappa shape index (κ3) is 4.43. The Morgan fingerprint density at radius 3 is 2.77 bits per heavy atom. The molecule has 0 spiro atoms. The van der Waals surface area contributed by atoms with Crippen LogP contribution in [-0.4, -0.2) is 37.2 Å². The van der Waals surface area contributed by atoms with Gasteiger partial charge < -0.3 is 14.8 Å². The van der Waals surface area contributed by atoms with E-state index in [0.29, 0.717) is 33.5 Å². The molecular formula is C21H22N6O3S. The van der Waals surface area contributed by atoms with Gasteiger partial charge in [-0.15, -0.1) is 0 Å². The Morgan fingerprint density at radius 2 is 2.03 bits per heavy atom. The van der Waals surface area contributed by atoms with Gasteiger partial charge >= 0.3 is 0 Å². The average Bonchev–Trinajstić information content (AvgIpc) is 3.30. The van der Waals surface area contributed by atoms with Crippen molar-refractivity contribution in [2.75, 3.05) is 18.2 Å². The lowest BCUT2D eigenvalue weighted by molar-refractivity contribution is 0.285. The molecule has 160 valence electrons. The van der Waals surface area contributed by atoms with Gasteiger partial charge in [0, 0.05) is 34.4 Å². The summed E-state index contributed by atoms with van der Waals surface area (Å²) in [5.41, 5.74) is 1.49. The normalized spacial score (nSPS) is 13.0. The smallest absolute Gasteiger partial charge is 0.163 e. The van der Waals surface area contributed by atoms with Gasteiger partial charge in [-0.05, 0) is 23.8 Å². The summed E-state index contributed by atoms with van der Waals surface area (Å²) in [6.45, 7) is 1.98. The predicted molar refractivity (Wildman–Crippen MR) is 118 cm³/mol. The van der Waals surface area contributed by atoms with E-state index in [9.17, 15) is 4.21 Å². The van der Waals surface area contributed by atoms with E-state index in [2.05, 4.69) is 25.5 Å². The van der Waals surface area contributed by atoms with Crippen LogP contribution in [0, 0.1) is 4.78 Å². The highest BCUT2D eigenvalue weighted by Crippen LogP contribution is 2.35. The van der Waals surface area contributed by atoms with Gasteiger partial charge in [-0.25, -0.2) is 19.0 Å². The summed E-state index contributed by atoms with van der Waals surface area (Å²) < 4.78 is 31.9. The van der Waals surface area contributed by atoms with Crippen molar-refractivity contribution in [2.24, 2.45) is 0 Å². The number of aromatic nitrogens is 4. The first kappa shape index (κ1) is 20.6. The summed E-state index contributed by atoms with van der Waals surface area (Å²) >= 11 is 0. The lowest BCUT2D eigenvalue weighted by atomic mass is 10.2. The number of fused-ring (bicyclic) bond motifs is 1. The van der Waals surface area contributed by atoms with Crippen molar-refractivity contribution >= 4 is 32.3 Å². The molecule has 0 amide bonds. The predicted octanol–water partition coefficient (Wildman–Crippen LogP) is 4.11. The van der Waals surface area contributed by atoms with E-state index in [1.165, 1.54) is 6.33 Å². The minimum absolute atomic E-state index is 0.235. The van der Waals surface area contributed by atoms with Crippen molar-refractivity contribution in [2.45, 2.75) is 18.4 Å². The second-order valence-corrected chi connectivity index (χ2v) is 9.13. The van der Waals surface area contributed by atoms with E-state index in [0.717, 1.165) is 10.9 Å². The fraction of sp³-hybridized carbons (Fsp3) is 0.190. The fourth-order valence-corrected chi connectivity index (χ4v) is 4.03. The highest BCUT2D eigenvalue weighted by Gasteiger charge is 2.13. The molecule has 1 unspecified atom stereocenters. The van der Waals surface area contributed by atoms with Crippen LogP contribution in [0.2, 0.25) is 0 Å². The second-order valence-electron chi connectivity index (χ2n) is 6.73. The van der Waals surface area contributed by atoms with Crippen LogP contribution >= 0.6 is 0 Å². The summed E-state index contributed by atoms with van der Waals surface area (Å²) in [6.07, 6.45) is 3.18. The Bertz CT molecular complexity index is 1310. The Balaban J connectivity index is 1.62. The van der Waals surface area contributed by atoms with Crippen LogP contribution in [-0.2, 0) is 16.3 Å². The van der Waals surface area contributed by atoms with Crippen molar-refractivity contribution in [3.05, 3.63) is 60.6 Å². The zero-order valence-corrected chi connectivity index (χ0v) is 17.9. The second kappa shape index (κ2) is 8.60. The maximum atomic E-state index is 12.4. The van der Waals surface area contributed by atoms with Crippen molar-refractivity contribution in [3.8, 4) is 11.5 Å². The lowest BCUT2D eigenvalue weighted by Crippen LogP contribution is -2.04. The first-order valence-electron chi connectivity index (χ1n) is 9.58. The molecule has 0 saturated heterocycles. The Labute approximate surface area is 179 Å². The van der Waals surface area contributed by atoms with Crippen molar-refractivity contribution in [1.29, 1.82) is 4.78 Å². The lowest BCUT2D eigenvalue weighted by Gasteiger charge is -2.14. The Morgan fingerprint density at radius 1 is 1.16 bits per heavy atom. The summed E-state index contributed by atoms with van der Waals surface area (Å²) in [4.78, 5) is 9.15. The van der Waals surface area contributed by atoms with Gasteiger partial charge in [0.05, 0.1) is 22.4 Å². The first-order valence-corrected chi connectivity index (χ1v) is 11.3. The molecular weight excluding hydrogens is 416 g/mol. The highest BCUT2D eigenvalue weighted by molar-refractivity contribution is 7.92. The van der Waals surface area contributed by atoms with E-state index < -0.39 is 9.73 Å². The van der Waals surface area contributed by atoms with Crippen LogP contribution in [0.15, 0.2) is 59.9 Å². The monoisotopic (exact) mass is 438 g/mol. The first-order chi connectivity index (χ1) is 15.0. The van der Waals surface area contributed by atoms with Crippen LogP contribution in [0.25, 0.3) is 10.9 Å². The summed E-state index contributed by atoms with van der Waals surface area (Å²) in [6, 6.07) is 12.5. The minimum Gasteiger partial charge on any atom is -0.493 e. The van der Waals surface area contributed by atoms with E-state index in [1.54, 1.807) is 50.6 Å².